The highest BCUT2D eigenvalue weighted by Gasteiger charge is 2.06. The lowest BCUT2D eigenvalue weighted by Gasteiger charge is -2.15. The zero-order valence-corrected chi connectivity index (χ0v) is 11.8. The average Bonchev–Trinajstić information content (AvgIpc) is 2.56. The van der Waals surface area contributed by atoms with E-state index in [4.69, 9.17) is 0 Å². The molecule has 0 fully saturated rings. The monoisotopic (exact) mass is 271 g/mol. The van der Waals surface area contributed by atoms with E-state index in [0.29, 0.717) is 0 Å². The highest BCUT2D eigenvalue weighted by molar-refractivity contribution is 5.96. The lowest BCUT2D eigenvalue weighted by atomic mass is 10.0. The molecule has 0 saturated heterocycles. The third-order valence-electron chi connectivity index (χ3n) is 4.12. The van der Waals surface area contributed by atoms with Gasteiger partial charge in [0.25, 0.3) is 0 Å². The van der Waals surface area contributed by atoms with E-state index in [1.54, 1.807) is 0 Å². The topological polar surface area (TPSA) is 12.0 Å². The van der Waals surface area contributed by atoms with Gasteiger partial charge in [0.2, 0.25) is 0 Å². The summed E-state index contributed by atoms with van der Waals surface area (Å²) < 4.78 is 0. The van der Waals surface area contributed by atoms with Gasteiger partial charge in [-0.25, -0.2) is 0 Å². The molecule has 0 aromatic heterocycles. The van der Waals surface area contributed by atoms with Crippen molar-refractivity contribution >= 4 is 28.2 Å². The summed E-state index contributed by atoms with van der Waals surface area (Å²) in [4.78, 5) is 0. The van der Waals surface area contributed by atoms with E-state index in [1.165, 1.54) is 32.6 Å². The quantitative estimate of drug-likeness (QED) is 0.750. The maximum Gasteiger partial charge on any atom is 0.0461 e. The van der Waals surface area contributed by atoms with E-state index >= 15 is 0 Å². The Hall–Kier alpha value is -2.54. The van der Waals surface area contributed by atoms with Crippen LogP contribution in [0.25, 0.3) is 22.5 Å². The fourth-order valence-electron chi connectivity index (χ4n) is 3.08. The Bertz CT molecular complexity index is 916. The fourth-order valence-corrected chi connectivity index (χ4v) is 3.08. The number of hydrogen-bond acceptors (Lipinski definition) is 1. The first-order valence-electron chi connectivity index (χ1n) is 7.45. The zero-order chi connectivity index (χ0) is 14.1. The number of nitrogens with one attached hydrogen (secondary N) is 1. The predicted molar refractivity (Wildman–Crippen MR) is 90.4 cm³/mol. The summed E-state index contributed by atoms with van der Waals surface area (Å²) in [6.07, 6.45) is 4.49. The number of fused-ring (bicyclic) bond motifs is 2. The third-order valence-corrected chi connectivity index (χ3v) is 4.12. The number of rotatable bonds is 2. The molecule has 0 spiro atoms. The van der Waals surface area contributed by atoms with Gasteiger partial charge in [-0.15, -0.1) is 0 Å². The summed E-state index contributed by atoms with van der Waals surface area (Å²) in [5, 5.41) is 8.90. The van der Waals surface area contributed by atoms with E-state index in [0.717, 1.165) is 12.8 Å². The maximum absolute atomic E-state index is 3.68. The molecular weight excluding hydrogens is 254 g/mol. The minimum Gasteiger partial charge on any atom is -0.358 e. The molecule has 1 heteroatoms. The molecule has 0 aliphatic heterocycles. The van der Waals surface area contributed by atoms with Crippen LogP contribution < -0.4 is 15.8 Å². The van der Waals surface area contributed by atoms with Crippen molar-refractivity contribution < 1.29 is 0 Å². The van der Waals surface area contributed by atoms with E-state index in [2.05, 4.69) is 78.1 Å². The highest BCUT2D eigenvalue weighted by Crippen LogP contribution is 2.25. The van der Waals surface area contributed by atoms with Crippen LogP contribution in [-0.4, -0.2) is 0 Å². The molecule has 0 saturated carbocycles. The molecular formula is C20H17N. The van der Waals surface area contributed by atoms with Crippen LogP contribution in [0, 0.1) is 0 Å². The van der Waals surface area contributed by atoms with Crippen molar-refractivity contribution in [3.63, 3.8) is 0 Å². The van der Waals surface area contributed by atoms with Crippen LogP contribution in [0.3, 0.4) is 0 Å². The van der Waals surface area contributed by atoms with Gasteiger partial charge in [0.15, 0.2) is 0 Å². The minimum atomic E-state index is 1.07. The Morgan fingerprint density at radius 2 is 1.57 bits per heavy atom. The normalized spacial score (nSPS) is 13.6. The largest absolute Gasteiger partial charge is 0.358 e. The summed E-state index contributed by atoms with van der Waals surface area (Å²) in [7, 11) is 0. The van der Waals surface area contributed by atoms with Gasteiger partial charge in [-0.05, 0) is 29.5 Å². The number of anilines is 1. The first kappa shape index (κ1) is 12.2. The molecule has 21 heavy (non-hydrogen) atoms. The summed E-state index contributed by atoms with van der Waals surface area (Å²) in [5.74, 6) is 0. The molecule has 102 valence electrons. The molecule has 0 bridgehead atoms. The van der Waals surface area contributed by atoms with E-state index in [-0.39, 0.29) is 0 Å². The third kappa shape index (κ3) is 2.21. The summed E-state index contributed by atoms with van der Waals surface area (Å²) in [5.41, 5.74) is 2.52. The number of hydrogen-bond donors (Lipinski definition) is 1. The first-order chi connectivity index (χ1) is 10.4. The van der Waals surface area contributed by atoms with Gasteiger partial charge >= 0.3 is 0 Å². The Labute approximate surface area is 124 Å². The van der Waals surface area contributed by atoms with Crippen LogP contribution in [0.5, 0.6) is 0 Å². The van der Waals surface area contributed by atoms with Gasteiger partial charge in [0.1, 0.15) is 0 Å². The fraction of sp³-hybridized carbons (Fsp3) is 0.100. The zero-order valence-electron chi connectivity index (χ0n) is 11.8. The Morgan fingerprint density at radius 3 is 2.57 bits per heavy atom. The van der Waals surface area contributed by atoms with Crippen molar-refractivity contribution in [2.75, 3.05) is 5.32 Å². The Morgan fingerprint density at radius 1 is 0.762 bits per heavy atom. The smallest absolute Gasteiger partial charge is 0.0461 e. The van der Waals surface area contributed by atoms with Gasteiger partial charge < -0.3 is 5.32 Å². The second-order valence-corrected chi connectivity index (χ2v) is 5.46. The van der Waals surface area contributed by atoms with Crippen LogP contribution >= 0.6 is 0 Å². The molecule has 1 nitrogen and oxygen atoms in total. The van der Waals surface area contributed by atoms with Gasteiger partial charge in [0, 0.05) is 22.0 Å². The molecule has 1 aliphatic rings. The highest BCUT2D eigenvalue weighted by atomic mass is 14.9. The molecule has 4 rings (SSSR count). The second kappa shape index (κ2) is 5.10. The van der Waals surface area contributed by atoms with Gasteiger partial charge in [-0.3, -0.25) is 0 Å². The van der Waals surface area contributed by atoms with Crippen LogP contribution in [0.15, 0.2) is 66.7 Å². The Balaban J connectivity index is 1.88. The van der Waals surface area contributed by atoms with E-state index < -0.39 is 0 Å². The van der Waals surface area contributed by atoms with Crippen LogP contribution in [0.4, 0.5) is 5.69 Å². The molecule has 3 aromatic rings. The van der Waals surface area contributed by atoms with Crippen molar-refractivity contribution in [2.45, 2.75) is 12.8 Å². The number of benzene rings is 3. The van der Waals surface area contributed by atoms with Gasteiger partial charge in [0.05, 0.1) is 0 Å². The predicted octanol–water partition coefficient (Wildman–Crippen LogP) is 3.63. The van der Waals surface area contributed by atoms with Crippen molar-refractivity contribution in [3.05, 3.63) is 77.2 Å². The SMILES string of the molecule is C1=c2ccccc2=C(Nc2cccc3ccccc23)CC1. The Kier molecular flexibility index (Phi) is 2.97. The van der Waals surface area contributed by atoms with Crippen molar-refractivity contribution in [1.29, 1.82) is 0 Å². The van der Waals surface area contributed by atoms with Crippen LogP contribution in [0.2, 0.25) is 0 Å². The van der Waals surface area contributed by atoms with Crippen LogP contribution in [0.1, 0.15) is 12.8 Å². The second-order valence-electron chi connectivity index (χ2n) is 5.46. The maximum atomic E-state index is 3.68. The van der Waals surface area contributed by atoms with Gasteiger partial charge in [-0.1, -0.05) is 66.7 Å². The summed E-state index contributed by atoms with van der Waals surface area (Å²) in [6.45, 7) is 0. The molecule has 1 N–H and O–H groups in total. The van der Waals surface area contributed by atoms with Crippen LogP contribution in [-0.2, 0) is 0 Å². The van der Waals surface area contributed by atoms with E-state index in [9.17, 15) is 0 Å². The summed E-state index contributed by atoms with van der Waals surface area (Å²) in [6, 6.07) is 23.6. The molecule has 0 radical (unpaired) electrons. The standard InChI is InChI=1S/C20H17N/c1-3-11-17-15(7-1)9-5-13-19(17)21-20-14-6-10-16-8-2-4-12-18(16)20/h1-5,7-13,21H,6,14H2. The minimum absolute atomic E-state index is 1.07. The van der Waals surface area contributed by atoms with Crippen molar-refractivity contribution in [3.8, 4) is 0 Å². The van der Waals surface area contributed by atoms with Gasteiger partial charge in [-0.2, -0.15) is 0 Å². The van der Waals surface area contributed by atoms with E-state index in [1.807, 2.05) is 0 Å². The molecule has 0 heterocycles. The van der Waals surface area contributed by atoms with Crippen molar-refractivity contribution in [1.82, 2.24) is 0 Å². The molecule has 3 aromatic carbocycles. The average molecular weight is 271 g/mol. The molecule has 0 amide bonds. The molecule has 0 unspecified atom stereocenters. The lowest BCUT2D eigenvalue weighted by molar-refractivity contribution is 1.07. The lowest BCUT2D eigenvalue weighted by Crippen LogP contribution is -2.31. The molecule has 0 atom stereocenters. The van der Waals surface area contributed by atoms with Crippen molar-refractivity contribution in [2.24, 2.45) is 0 Å². The molecule has 1 aliphatic carbocycles. The first-order valence-corrected chi connectivity index (χ1v) is 7.45. The summed E-state index contributed by atoms with van der Waals surface area (Å²) >= 11 is 0.